The van der Waals surface area contributed by atoms with Gasteiger partial charge < -0.3 is 21.5 Å². The Bertz CT molecular complexity index is 1360. The molecule has 2 aliphatic carbocycles. The molecule has 0 aliphatic heterocycles. The number of halogens is 5. The van der Waals surface area contributed by atoms with E-state index in [1.807, 2.05) is 0 Å². The van der Waals surface area contributed by atoms with Crippen LogP contribution < -0.4 is 11.5 Å². The van der Waals surface area contributed by atoms with Crippen LogP contribution in [0.1, 0.15) is 46.4 Å². The zero-order valence-electron chi connectivity index (χ0n) is 22.6. The first-order valence-electron chi connectivity index (χ1n) is 12.8. The predicted molar refractivity (Wildman–Crippen MR) is 167 cm³/mol. The average molecular weight is 695 g/mol. The van der Waals surface area contributed by atoms with Crippen LogP contribution in [0, 0.1) is 23.7 Å². The second-order valence-electron chi connectivity index (χ2n) is 9.61. The highest BCUT2D eigenvalue weighted by Crippen LogP contribution is 2.37. The van der Waals surface area contributed by atoms with Crippen LogP contribution in [0.3, 0.4) is 0 Å². The largest absolute Gasteiger partial charge is 0.409 e. The van der Waals surface area contributed by atoms with Crippen LogP contribution in [0.25, 0.3) is 0 Å². The molecule has 15 heteroatoms. The van der Waals surface area contributed by atoms with Gasteiger partial charge in [-0.05, 0) is 61.5 Å². The lowest BCUT2D eigenvalue weighted by molar-refractivity contribution is -0.140. The van der Waals surface area contributed by atoms with Gasteiger partial charge in [-0.15, -0.1) is 23.2 Å². The number of nitrogens with zero attached hydrogens (tertiary/aromatic N) is 2. The van der Waals surface area contributed by atoms with Crippen molar-refractivity contribution in [3.8, 4) is 0 Å². The number of Topliss-reactive ketones (excluding diaryl/α,β-unsaturated/α-hetero) is 2. The minimum absolute atomic E-state index is 0.0214. The Hall–Kier alpha value is -2.89. The predicted octanol–water partition coefficient (Wildman–Crippen LogP) is 5.89. The summed E-state index contributed by atoms with van der Waals surface area (Å²) in [5.41, 5.74) is 12.4. The van der Waals surface area contributed by atoms with Crippen LogP contribution in [0.4, 0.5) is 0 Å². The molecule has 4 rings (SSSR count). The molecule has 2 aromatic carbocycles. The van der Waals surface area contributed by atoms with Crippen LogP contribution in [0.2, 0.25) is 10.0 Å². The molecular formula is C28H29Cl5N4O6. The summed E-state index contributed by atoms with van der Waals surface area (Å²) in [6.07, 6.45) is 2.45. The number of hydrogen-bond donors (Lipinski definition) is 3. The Labute approximate surface area is 273 Å². The third kappa shape index (κ3) is 11.6. The smallest absolute Gasteiger partial charge is 0.349 e. The van der Waals surface area contributed by atoms with E-state index in [0.717, 1.165) is 0 Å². The lowest BCUT2D eigenvalue weighted by Gasteiger charge is -2.33. The number of carbonyl (C=O) groups is 4. The second-order valence-corrected chi connectivity index (χ2v) is 11.4. The van der Waals surface area contributed by atoms with Crippen LogP contribution in [-0.4, -0.2) is 51.4 Å². The molecule has 2 fully saturated rings. The number of ketones is 2. The Morgan fingerprint density at radius 3 is 1.53 bits per heavy atom. The van der Waals surface area contributed by atoms with Crippen molar-refractivity contribution in [2.75, 3.05) is 11.8 Å². The van der Waals surface area contributed by atoms with E-state index in [-0.39, 0.29) is 58.7 Å². The van der Waals surface area contributed by atoms with Crippen LogP contribution in [0.15, 0.2) is 58.8 Å². The minimum Gasteiger partial charge on any atom is -0.409 e. The number of alkyl halides is 2. The van der Waals surface area contributed by atoms with E-state index in [9.17, 15) is 19.2 Å². The van der Waals surface area contributed by atoms with E-state index in [2.05, 4.69) is 15.1 Å². The van der Waals surface area contributed by atoms with Crippen molar-refractivity contribution in [2.24, 2.45) is 45.5 Å². The van der Waals surface area contributed by atoms with Gasteiger partial charge >= 0.3 is 5.97 Å². The topological polar surface area (TPSA) is 174 Å². The fourth-order valence-corrected chi connectivity index (χ4v) is 4.62. The molecule has 2 aromatic rings. The van der Waals surface area contributed by atoms with Crippen molar-refractivity contribution >= 4 is 92.5 Å². The summed E-state index contributed by atoms with van der Waals surface area (Å²) in [6.45, 7) is 0. The van der Waals surface area contributed by atoms with E-state index in [4.69, 9.17) is 74.7 Å². The van der Waals surface area contributed by atoms with Crippen molar-refractivity contribution < 1.29 is 29.2 Å². The molecule has 0 atom stereocenters. The van der Waals surface area contributed by atoms with Crippen LogP contribution >= 0.6 is 58.0 Å². The number of benzene rings is 2. The molecule has 2 saturated carbocycles. The fraction of sp³-hybridized carbons (Fsp3) is 0.357. The summed E-state index contributed by atoms with van der Waals surface area (Å²) in [4.78, 5) is 49.0. The molecule has 0 spiro atoms. The normalized spacial score (nSPS) is 21.0. The molecule has 0 heterocycles. The van der Waals surface area contributed by atoms with Crippen molar-refractivity contribution in [3.63, 3.8) is 0 Å². The van der Waals surface area contributed by atoms with Gasteiger partial charge in [-0.3, -0.25) is 14.4 Å². The molecule has 2 aliphatic rings. The number of oxime groups is 2. The van der Waals surface area contributed by atoms with Crippen molar-refractivity contribution in [1.29, 1.82) is 0 Å². The van der Waals surface area contributed by atoms with Gasteiger partial charge in [-0.2, -0.15) is 0 Å². The highest BCUT2D eigenvalue weighted by atomic mass is 35.5. The van der Waals surface area contributed by atoms with Gasteiger partial charge in [0.05, 0.1) is 5.88 Å². The number of amidine groups is 2. The molecule has 43 heavy (non-hydrogen) atoms. The third-order valence-corrected chi connectivity index (χ3v) is 7.86. The summed E-state index contributed by atoms with van der Waals surface area (Å²) in [7, 11) is 0. The molecule has 0 saturated heterocycles. The minimum atomic E-state index is -0.662. The second kappa shape index (κ2) is 18.0. The van der Waals surface area contributed by atoms with E-state index in [1.165, 1.54) is 0 Å². The quantitative estimate of drug-likeness (QED) is 0.0426. The molecule has 232 valence electrons. The van der Waals surface area contributed by atoms with Crippen LogP contribution in [-0.2, 0) is 14.4 Å². The van der Waals surface area contributed by atoms with E-state index >= 15 is 0 Å². The highest BCUT2D eigenvalue weighted by molar-refractivity contribution is 6.67. The molecule has 0 radical (unpaired) electrons. The van der Waals surface area contributed by atoms with Gasteiger partial charge in [-0.1, -0.05) is 57.8 Å². The molecular weight excluding hydrogens is 666 g/mol. The molecule has 0 amide bonds. The molecule has 5 N–H and O–H groups in total. The van der Waals surface area contributed by atoms with Crippen molar-refractivity contribution in [1.82, 2.24) is 0 Å². The first-order valence-corrected chi connectivity index (χ1v) is 15.0. The summed E-state index contributed by atoms with van der Waals surface area (Å²) in [6, 6.07) is 13.8. The fourth-order valence-electron chi connectivity index (χ4n) is 4.19. The summed E-state index contributed by atoms with van der Waals surface area (Å²) < 4.78 is 0. The van der Waals surface area contributed by atoms with Crippen molar-refractivity contribution in [3.05, 3.63) is 69.7 Å². The molecule has 0 bridgehead atoms. The number of rotatable bonds is 9. The Morgan fingerprint density at radius 1 is 0.767 bits per heavy atom. The van der Waals surface area contributed by atoms with Gasteiger partial charge in [0.2, 0.25) is 5.24 Å². The number of nitrogens with two attached hydrogens (primary N) is 2. The van der Waals surface area contributed by atoms with Gasteiger partial charge in [0.15, 0.2) is 11.6 Å². The Kier molecular flexibility index (Phi) is 15.2. The number of hydrogen-bond acceptors (Lipinski definition) is 8. The standard InChI is InChI=1S/C14H14Cl2N2O3.C12H13ClN2O2.C2H2Cl2O/c15-7-12(19)21-18-14(17)10-4-9(5-10)13(20)8-2-1-3-11(16)6-8;13-10-3-1-2-7(6-10)11(16)8-4-9(5-8)12(14)15-17;3-1-2(4)5/h1-3,6,9-10H,4-5,7H2,(H2,17,18);1-3,6,8-9,17H,4-5H2,(H2,14,15);1H2. The van der Waals surface area contributed by atoms with Gasteiger partial charge in [0, 0.05) is 44.8 Å². The van der Waals surface area contributed by atoms with E-state index in [1.54, 1.807) is 48.5 Å². The monoisotopic (exact) mass is 692 g/mol. The zero-order chi connectivity index (χ0) is 32.1. The lowest BCUT2D eigenvalue weighted by atomic mass is 9.71. The van der Waals surface area contributed by atoms with Gasteiger partial charge in [-0.25, -0.2) is 4.79 Å². The molecule has 0 unspecified atom stereocenters. The van der Waals surface area contributed by atoms with Crippen LogP contribution in [0.5, 0.6) is 0 Å². The average Bonchev–Trinajstić information content (AvgIpc) is 2.94. The Morgan fingerprint density at radius 2 is 1.19 bits per heavy atom. The zero-order valence-corrected chi connectivity index (χ0v) is 26.4. The SMILES string of the molecule is N/C(=N\O)C1CC(C(=O)c2cccc(Cl)c2)C1.N/C(=N\OC(=O)CCl)C1CC(C(=O)c2cccc(Cl)c2)C1.O=C(Cl)CCl. The highest BCUT2D eigenvalue weighted by Gasteiger charge is 2.38. The molecule has 10 nitrogen and oxygen atoms in total. The van der Waals surface area contributed by atoms with Crippen molar-refractivity contribution in [2.45, 2.75) is 25.7 Å². The van der Waals surface area contributed by atoms with Gasteiger partial charge in [0.1, 0.15) is 17.6 Å². The molecule has 0 aromatic heterocycles. The first-order chi connectivity index (χ1) is 20.4. The first kappa shape index (κ1) is 36.3. The maximum absolute atomic E-state index is 12.2. The maximum atomic E-state index is 12.2. The van der Waals surface area contributed by atoms with Gasteiger partial charge in [0.25, 0.3) is 0 Å². The third-order valence-electron chi connectivity index (χ3n) is 6.66. The van der Waals surface area contributed by atoms with E-state index < -0.39 is 11.2 Å². The van der Waals surface area contributed by atoms with E-state index in [0.29, 0.717) is 46.9 Å². The maximum Gasteiger partial charge on any atom is 0.349 e. The lowest BCUT2D eigenvalue weighted by Crippen LogP contribution is -2.39. The Balaban J connectivity index is 0.000000264. The summed E-state index contributed by atoms with van der Waals surface area (Å²) in [5, 5.41) is 15.6. The summed E-state index contributed by atoms with van der Waals surface area (Å²) >= 11 is 26.5. The number of carbonyl (C=O) groups excluding carboxylic acids is 4. The summed E-state index contributed by atoms with van der Waals surface area (Å²) in [5.74, 6) is -0.680.